The predicted molar refractivity (Wildman–Crippen MR) is 88.3 cm³/mol. The van der Waals surface area contributed by atoms with E-state index in [0.717, 1.165) is 0 Å². The summed E-state index contributed by atoms with van der Waals surface area (Å²) in [6.07, 6.45) is 1.66. The molecule has 0 saturated heterocycles. The van der Waals surface area contributed by atoms with Gasteiger partial charge in [-0.15, -0.1) is 0 Å². The molecule has 0 aliphatic heterocycles. The standard InChI is InChI=1S/C19H15NO4/c21-19(24-16-6-2-1-3-7-16)14-22-15-9-11-17(12-10-15)23-18-8-4-5-13-20-18/h1-13H,14H2. The van der Waals surface area contributed by atoms with Crippen molar-refractivity contribution in [3.63, 3.8) is 0 Å². The average molecular weight is 321 g/mol. The highest BCUT2D eigenvalue weighted by Gasteiger charge is 2.06. The zero-order valence-corrected chi connectivity index (χ0v) is 12.8. The Kier molecular flexibility index (Phi) is 5.04. The molecule has 24 heavy (non-hydrogen) atoms. The maximum Gasteiger partial charge on any atom is 0.349 e. The first-order valence-electron chi connectivity index (χ1n) is 7.37. The normalized spacial score (nSPS) is 10.0. The molecular weight excluding hydrogens is 306 g/mol. The van der Waals surface area contributed by atoms with Crippen molar-refractivity contribution in [3.05, 3.63) is 79.0 Å². The number of pyridine rings is 1. The molecular formula is C19H15NO4. The lowest BCUT2D eigenvalue weighted by Gasteiger charge is -2.08. The molecule has 0 aliphatic carbocycles. The maximum atomic E-state index is 11.7. The van der Waals surface area contributed by atoms with Gasteiger partial charge in [0.1, 0.15) is 17.2 Å². The average Bonchev–Trinajstić information content (AvgIpc) is 2.63. The summed E-state index contributed by atoms with van der Waals surface area (Å²) in [4.78, 5) is 15.8. The Bertz CT molecular complexity index is 773. The number of hydrogen-bond acceptors (Lipinski definition) is 5. The fraction of sp³-hybridized carbons (Fsp3) is 0.0526. The highest BCUT2D eigenvalue weighted by atomic mass is 16.6. The summed E-state index contributed by atoms with van der Waals surface area (Å²) in [7, 11) is 0. The third kappa shape index (κ3) is 4.58. The maximum absolute atomic E-state index is 11.7. The number of nitrogens with zero attached hydrogens (tertiary/aromatic N) is 1. The minimum absolute atomic E-state index is 0.171. The Morgan fingerprint density at radius 2 is 1.50 bits per heavy atom. The highest BCUT2D eigenvalue weighted by molar-refractivity contribution is 5.73. The molecule has 1 aromatic heterocycles. The van der Waals surface area contributed by atoms with E-state index in [-0.39, 0.29) is 6.61 Å². The van der Waals surface area contributed by atoms with Crippen molar-refractivity contribution in [1.29, 1.82) is 0 Å². The van der Waals surface area contributed by atoms with Gasteiger partial charge in [-0.2, -0.15) is 0 Å². The number of hydrogen-bond donors (Lipinski definition) is 0. The Balaban J connectivity index is 1.50. The summed E-state index contributed by atoms with van der Waals surface area (Å²) < 4.78 is 16.1. The molecule has 0 bridgehead atoms. The molecule has 0 unspecified atom stereocenters. The van der Waals surface area contributed by atoms with Crippen LogP contribution in [-0.2, 0) is 4.79 Å². The summed E-state index contributed by atoms with van der Waals surface area (Å²) in [5, 5.41) is 0. The van der Waals surface area contributed by atoms with Crippen LogP contribution in [0.2, 0.25) is 0 Å². The Labute approximate surface area is 139 Å². The van der Waals surface area contributed by atoms with Crippen LogP contribution in [0.5, 0.6) is 23.1 Å². The largest absolute Gasteiger partial charge is 0.482 e. The fourth-order valence-electron chi connectivity index (χ4n) is 1.92. The van der Waals surface area contributed by atoms with Crippen molar-refractivity contribution >= 4 is 5.97 Å². The zero-order chi connectivity index (χ0) is 16.6. The molecule has 0 aliphatic rings. The smallest absolute Gasteiger partial charge is 0.349 e. The molecule has 0 fully saturated rings. The van der Waals surface area contributed by atoms with E-state index >= 15 is 0 Å². The fourth-order valence-corrected chi connectivity index (χ4v) is 1.92. The third-order valence-electron chi connectivity index (χ3n) is 3.02. The molecule has 0 N–H and O–H groups in total. The second kappa shape index (κ2) is 7.78. The van der Waals surface area contributed by atoms with Gasteiger partial charge in [-0.1, -0.05) is 24.3 Å². The third-order valence-corrected chi connectivity index (χ3v) is 3.02. The van der Waals surface area contributed by atoms with Gasteiger partial charge in [0, 0.05) is 12.3 Å². The number of carbonyl (C=O) groups excluding carboxylic acids is 1. The topological polar surface area (TPSA) is 57.7 Å². The second-order valence-electron chi connectivity index (χ2n) is 4.82. The number of rotatable bonds is 6. The molecule has 120 valence electrons. The van der Waals surface area contributed by atoms with Crippen LogP contribution in [0.15, 0.2) is 79.0 Å². The van der Waals surface area contributed by atoms with E-state index < -0.39 is 5.97 Å². The quantitative estimate of drug-likeness (QED) is 0.510. The van der Waals surface area contributed by atoms with E-state index in [1.807, 2.05) is 18.2 Å². The molecule has 0 radical (unpaired) electrons. The number of ether oxygens (including phenoxy) is 3. The van der Waals surface area contributed by atoms with Crippen LogP contribution in [0, 0.1) is 0 Å². The lowest BCUT2D eigenvalue weighted by molar-refractivity contribution is -0.136. The second-order valence-corrected chi connectivity index (χ2v) is 4.82. The molecule has 2 aromatic carbocycles. The summed E-state index contributed by atoms with van der Waals surface area (Å²) >= 11 is 0. The van der Waals surface area contributed by atoms with E-state index in [1.54, 1.807) is 60.8 Å². The van der Waals surface area contributed by atoms with Crippen molar-refractivity contribution in [2.75, 3.05) is 6.61 Å². The predicted octanol–water partition coefficient (Wildman–Crippen LogP) is 3.86. The monoisotopic (exact) mass is 321 g/mol. The molecule has 0 spiro atoms. The summed E-state index contributed by atoms with van der Waals surface area (Å²) in [5.74, 6) is 1.72. The minimum atomic E-state index is -0.463. The molecule has 0 atom stereocenters. The molecule has 1 heterocycles. The number of carbonyl (C=O) groups is 1. The minimum Gasteiger partial charge on any atom is -0.482 e. The van der Waals surface area contributed by atoms with Gasteiger partial charge in [0.25, 0.3) is 0 Å². The van der Waals surface area contributed by atoms with Crippen molar-refractivity contribution < 1.29 is 19.0 Å². The van der Waals surface area contributed by atoms with E-state index in [9.17, 15) is 4.79 Å². The lowest BCUT2D eigenvalue weighted by Crippen LogP contribution is -2.17. The molecule has 5 nitrogen and oxygen atoms in total. The number of aromatic nitrogens is 1. The molecule has 3 rings (SSSR count). The van der Waals surface area contributed by atoms with E-state index in [4.69, 9.17) is 14.2 Å². The van der Waals surface area contributed by atoms with Gasteiger partial charge in [0.2, 0.25) is 5.88 Å². The van der Waals surface area contributed by atoms with Gasteiger partial charge in [0.05, 0.1) is 0 Å². The number of benzene rings is 2. The zero-order valence-electron chi connectivity index (χ0n) is 12.8. The van der Waals surface area contributed by atoms with Gasteiger partial charge in [0.15, 0.2) is 6.61 Å². The van der Waals surface area contributed by atoms with Crippen LogP contribution in [0.25, 0.3) is 0 Å². The van der Waals surface area contributed by atoms with Crippen LogP contribution in [0.3, 0.4) is 0 Å². The summed E-state index contributed by atoms with van der Waals surface area (Å²) in [6.45, 7) is -0.171. The van der Waals surface area contributed by atoms with Crippen LogP contribution in [-0.4, -0.2) is 17.6 Å². The summed E-state index contributed by atoms with van der Waals surface area (Å²) in [6, 6.07) is 21.2. The van der Waals surface area contributed by atoms with Gasteiger partial charge in [-0.05, 0) is 42.5 Å². The van der Waals surface area contributed by atoms with Crippen LogP contribution in [0.4, 0.5) is 0 Å². The van der Waals surface area contributed by atoms with Crippen molar-refractivity contribution in [2.45, 2.75) is 0 Å². The van der Waals surface area contributed by atoms with E-state index in [0.29, 0.717) is 23.1 Å². The molecule has 3 aromatic rings. The Hall–Kier alpha value is -3.34. The van der Waals surface area contributed by atoms with Crippen molar-refractivity contribution in [3.8, 4) is 23.1 Å². The van der Waals surface area contributed by atoms with E-state index in [2.05, 4.69) is 4.98 Å². The highest BCUT2D eigenvalue weighted by Crippen LogP contribution is 2.22. The van der Waals surface area contributed by atoms with Crippen LogP contribution < -0.4 is 14.2 Å². The van der Waals surface area contributed by atoms with E-state index in [1.165, 1.54) is 0 Å². The van der Waals surface area contributed by atoms with Gasteiger partial charge >= 0.3 is 5.97 Å². The van der Waals surface area contributed by atoms with Gasteiger partial charge < -0.3 is 14.2 Å². The first-order chi connectivity index (χ1) is 11.8. The first kappa shape index (κ1) is 15.6. The number of esters is 1. The molecule has 5 heteroatoms. The number of para-hydroxylation sites is 1. The van der Waals surface area contributed by atoms with Crippen molar-refractivity contribution in [2.24, 2.45) is 0 Å². The van der Waals surface area contributed by atoms with Gasteiger partial charge in [-0.25, -0.2) is 9.78 Å². The molecule has 0 amide bonds. The van der Waals surface area contributed by atoms with Crippen molar-refractivity contribution in [1.82, 2.24) is 4.98 Å². The van der Waals surface area contributed by atoms with Crippen LogP contribution >= 0.6 is 0 Å². The first-order valence-corrected chi connectivity index (χ1v) is 7.37. The summed E-state index contributed by atoms with van der Waals surface area (Å²) in [5.41, 5.74) is 0. The lowest BCUT2D eigenvalue weighted by atomic mass is 10.3. The SMILES string of the molecule is O=C(COc1ccc(Oc2ccccn2)cc1)Oc1ccccc1. The molecule has 0 saturated carbocycles. The van der Waals surface area contributed by atoms with Gasteiger partial charge in [-0.3, -0.25) is 0 Å². The van der Waals surface area contributed by atoms with Crippen LogP contribution in [0.1, 0.15) is 0 Å². The Morgan fingerprint density at radius 1 is 0.792 bits per heavy atom. The Morgan fingerprint density at radius 3 is 2.21 bits per heavy atom.